The van der Waals surface area contributed by atoms with Crippen molar-refractivity contribution in [3.8, 4) is 0 Å². The first-order valence-corrected chi connectivity index (χ1v) is 7.31. The number of hydrogen-bond donors (Lipinski definition) is 1. The number of para-hydroxylation sites is 1. The molecule has 1 N–H and O–H groups in total. The van der Waals surface area contributed by atoms with Gasteiger partial charge in [-0.2, -0.15) is 13.2 Å². The Morgan fingerprint density at radius 1 is 1.19 bits per heavy atom. The summed E-state index contributed by atoms with van der Waals surface area (Å²) in [6.07, 6.45) is -4.45. The highest BCUT2D eigenvalue weighted by molar-refractivity contribution is 9.10. The fourth-order valence-electron chi connectivity index (χ4n) is 1.92. The van der Waals surface area contributed by atoms with E-state index in [1.54, 1.807) is 0 Å². The third-order valence-electron chi connectivity index (χ3n) is 2.98. The van der Waals surface area contributed by atoms with E-state index in [0.29, 0.717) is 0 Å². The van der Waals surface area contributed by atoms with Crippen LogP contribution in [0.4, 0.5) is 18.9 Å². The van der Waals surface area contributed by atoms with Crippen LogP contribution < -0.4 is 5.32 Å². The van der Waals surface area contributed by atoms with E-state index in [2.05, 4.69) is 21.2 Å². The van der Waals surface area contributed by atoms with Gasteiger partial charge in [0.2, 0.25) is 0 Å². The predicted molar refractivity (Wildman–Crippen MR) is 82.7 cm³/mol. The van der Waals surface area contributed by atoms with Crippen molar-refractivity contribution < 1.29 is 13.2 Å². The Balaban J connectivity index is 2.28. The molecule has 0 unspecified atom stereocenters. The highest BCUT2D eigenvalue weighted by atomic mass is 79.9. The second-order valence-corrected chi connectivity index (χ2v) is 5.87. The summed E-state index contributed by atoms with van der Waals surface area (Å²) >= 11 is 9.29. The van der Waals surface area contributed by atoms with Gasteiger partial charge < -0.3 is 5.32 Å². The molecule has 2 rings (SSSR count). The maximum atomic E-state index is 13.0. The minimum absolute atomic E-state index is 0.0491. The Morgan fingerprint density at radius 3 is 2.52 bits per heavy atom. The summed E-state index contributed by atoms with van der Waals surface area (Å²) in [5, 5.41) is 2.83. The lowest BCUT2D eigenvalue weighted by molar-refractivity contribution is -0.136. The van der Waals surface area contributed by atoms with Gasteiger partial charge in [-0.25, -0.2) is 0 Å². The molecule has 0 saturated carbocycles. The van der Waals surface area contributed by atoms with Gasteiger partial charge in [0.15, 0.2) is 0 Å². The van der Waals surface area contributed by atoms with Crippen LogP contribution in [0.25, 0.3) is 0 Å². The molecule has 6 heteroatoms. The van der Waals surface area contributed by atoms with Gasteiger partial charge >= 0.3 is 6.18 Å². The van der Waals surface area contributed by atoms with E-state index in [9.17, 15) is 13.2 Å². The third kappa shape index (κ3) is 3.92. The van der Waals surface area contributed by atoms with Crippen LogP contribution in [0.15, 0.2) is 40.9 Å². The molecule has 0 aliphatic carbocycles. The van der Waals surface area contributed by atoms with Crippen LogP contribution in [0.2, 0.25) is 5.02 Å². The summed E-state index contributed by atoms with van der Waals surface area (Å²) in [6, 6.07) is 9.41. The van der Waals surface area contributed by atoms with Gasteiger partial charge in [0, 0.05) is 11.0 Å². The third-order valence-corrected chi connectivity index (χ3v) is 4.04. The van der Waals surface area contributed by atoms with E-state index in [-0.39, 0.29) is 17.3 Å². The van der Waals surface area contributed by atoms with Crippen molar-refractivity contribution in [2.45, 2.75) is 19.6 Å². The highest BCUT2D eigenvalue weighted by Gasteiger charge is 2.34. The average molecular weight is 379 g/mol. The fraction of sp³-hybridized carbons (Fsp3) is 0.200. The van der Waals surface area contributed by atoms with Crippen molar-refractivity contribution in [1.82, 2.24) is 0 Å². The van der Waals surface area contributed by atoms with E-state index >= 15 is 0 Å². The topological polar surface area (TPSA) is 12.0 Å². The number of nitrogens with one attached hydrogen (secondary N) is 1. The molecule has 0 amide bonds. The zero-order chi connectivity index (χ0) is 15.6. The quantitative estimate of drug-likeness (QED) is 0.686. The van der Waals surface area contributed by atoms with Crippen molar-refractivity contribution in [3.63, 3.8) is 0 Å². The molecule has 0 aromatic heterocycles. The Kier molecular flexibility index (Phi) is 4.84. The summed E-state index contributed by atoms with van der Waals surface area (Å²) in [5.41, 5.74) is 1.06. The van der Waals surface area contributed by atoms with E-state index < -0.39 is 11.7 Å². The maximum absolute atomic E-state index is 13.0. The molecule has 0 atom stereocenters. The predicted octanol–water partition coefficient (Wildman–Crippen LogP) is 6.04. The van der Waals surface area contributed by atoms with Crippen molar-refractivity contribution in [1.29, 1.82) is 0 Å². The van der Waals surface area contributed by atoms with E-state index in [0.717, 1.165) is 21.7 Å². The Morgan fingerprint density at radius 2 is 1.90 bits per heavy atom. The molecule has 2 aromatic rings. The summed E-state index contributed by atoms with van der Waals surface area (Å²) in [4.78, 5) is 0. The van der Waals surface area contributed by atoms with Crippen molar-refractivity contribution in [2.75, 3.05) is 5.32 Å². The Bertz CT molecular complexity index is 656. The minimum Gasteiger partial charge on any atom is -0.379 e. The maximum Gasteiger partial charge on any atom is 0.418 e. The lowest BCUT2D eigenvalue weighted by Gasteiger charge is -2.16. The standard InChI is InChI=1S/C15H12BrClF3N/c1-9-5-6-10(12(16)7-9)8-21-14-11(15(18,19)20)3-2-4-13(14)17/h2-7,21H,8H2,1H3. The molecule has 112 valence electrons. The van der Waals surface area contributed by atoms with Gasteiger partial charge in [-0.3, -0.25) is 0 Å². The van der Waals surface area contributed by atoms with Crippen molar-refractivity contribution >= 4 is 33.2 Å². The van der Waals surface area contributed by atoms with Crippen LogP contribution in [0.3, 0.4) is 0 Å². The normalized spacial score (nSPS) is 11.5. The van der Waals surface area contributed by atoms with Gasteiger partial charge in [-0.15, -0.1) is 0 Å². The first-order chi connectivity index (χ1) is 9.79. The van der Waals surface area contributed by atoms with Gasteiger partial charge in [-0.1, -0.05) is 45.7 Å². The summed E-state index contributed by atoms with van der Waals surface area (Å²) in [6.45, 7) is 2.19. The molecule has 0 spiro atoms. The number of alkyl halides is 3. The SMILES string of the molecule is Cc1ccc(CNc2c(Cl)cccc2C(F)(F)F)c(Br)c1. The fourth-order valence-corrected chi connectivity index (χ4v) is 2.79. The summed E-state index contributed by atoms with van der Waals surface area (Å²) in [5.74, 6) is 0. The Hall–Kier alpha value is -1.20. The molecule has 0 saturated heterocycles. The second kappa shape index (κ2) is 6.28. The molecule has 0 radical (unpaired) electrons. The molecular formula is C15H12BrClF3N. The second-order valence-electron chi connectivity index (χ2n) is 4.61. The summed E-state index contributed by atoms with van der Waals surface area (Å²) < 4.78 is 39.8. The zero-order valence-corrected chi connectivity index (χ0v) is 13.4. The molecule has 1 nitrogen and oxygen atoms in total. The molecule has 2 aromatic carbocycles. The molecule has 0 bridgehead atoms. The van der Waals surface area contributed by atoms with E-state index in [4.69, 9.17) is 11.6 Å². The minimum atomic E-state index is -4.45. The lowest BCUT2D eigenvalue weighted by Crippen LogP contribution is -2.11. The van der Waals surface area contributed by atoms with Gasteiger partial charge in [0.25, 0.3) is 0 Å². The number of hydrogen-bond acceptors (Lipinski definition) is 1. The largest absolute Gasteiger partial charge is 0.418 e. The van der Waals surface area contributed by atoms with Crippen molar-refractivity contribution in [2.24, 2.45) is 0 Å². The number of aryl methyl sites for hydroxylation is 1. The van der Waals surface area contributed by atoms with Crippen LogP contribution in [0, 0.1) is 6.92 Å². The summed E-state index contributed by atoms with van der Waals surface area (Å²) in [7, 11) is 0. The molecular weight excluding hydrogens is 367 g/mol. The number of halogens is 5. The van der Waals surface area contributed by atoms with E-state index in [1.165, 1.54) is 12.1 Å². The zero-order valence-electron chi connectivity index (χ0n) is 11.1. The molecule has 0 fully saturated rings. The smallest absolute Gasteiger partial charge is 0.379 e. The molecule has 0 heterocycles. The van der Waals surface area contributed by atoms with Crippen molar-refractivity contribution in [3.05, 3.63) is 62.6 Å². The van der Waals surface area contributed by atoms with Gasteiger partial charge in [0.1, 0.15) is 0 Å². The monoisotopic (exact) mass is 377 g/mol. The highest BCUT2D eigenvalue weighted by Crippen LogP contribution is 2.38. The number of rotatable bonds is 3. The van der Waals surface area contributed by atoms with Crippen LogP contribution >= 0.6 is 27.5 Å². The average Bonchev–Trinajstić information content (AvgIpc) is 2.37. The van der Waals surface area contributed by atoms with Gasteiger partial charge in [0.05, 0.1) is 16.3 Å². The van der Waals surface area contributed by atoms with E-state index in [1.807, 2.05) is 25.1 Å². The Labute approximate surface area is 134 Å². The van der Waals surface area contributed by atoms with Gasteiger partial charge in [-0.05, 0) is 36.2 Å². The van der Waals surface area contributed by atoms with Crippen LogP contribution in [0.1, 0.15) is 16.7 Å². The molecule has 21 heavy (non-hydrogen) atoms. The lowest BCUT2D eigenvalue weighted by atomic mass is 10.1. The number of benzene rings is 2. The van der Waals surface area contributed by atoms with Crippen LogP contribution in [-0.4, -0.2) is 0 Å². The molecule has 0 aliphatic heterocycles. The van der Waals surface area contributed by atoms with Crippen LogP contribution in [0.5, 0.6) is 0 Å². The first-order valence-electron chi connectivity index (χ1n) is 6.13. The first kappa shape index (κ1) is 16.2. The number of anilines is 1. The van der Waals surface area contributed by atoms with Crippen LogP contribution in [-0.2, 0) is 12.7 Å². The molecule has 0 aliphatic rings.